The third-order valence-corrected chi connectivity index (χ3v) is 3.96. The average Bonchev–Trinajstić information content (AvgIpc) is 3.08. The maximum Gasteiger partial charge on any atom is 0.0834 e. The predicted octanol–water partition coefficient (Wildman–Crippen LogP) is 1.65. The molecule has 0 spiro atoms. The lowest BCUT2D eigenvalue weighted by Gasteiger charge is -2.20. The molecular weight excluding hydrogens is 280 g/mol. The zero-order chi connectivity index (χ0) is 14.4. The van der Waals surface area contributed by atoms with E-state index in [-0.39, 0.29) is 6.04 Å². The van der Waals surface area contributed by atoms with Gasteiger partial charge in [-0.2, -0.15) is 5.10 Å². The zero-order valence-corrected chi connectivity index (χ0v) is 12.6. The summed E-state index contributed by atoms with van der Waals surface area (Å²) in [5, 5.41) is 4.92. The van der Waals surface area contributed by atoms with Gasteiger partial charge in [0.15, 0.2) is 0 Å². The molecule has 0 amide bonds. The summed E-state index contributed by atoms with van der Waals surface area (Å²) in [6, 6.07) is -0.0222. The molecule has 2 unspecified atom stereocenters. The maximum absolute atomic E-state index is 6.24. The van der Waals surface area contributed by atoms with Crippen molar-refractivity contribution >= 4 is 11.6 Å². The number of ether oxygens (including phenoxy) is 2. The average molecular weight is 303 g/mol. The van der Waals surface area contributed by atoms with Crippen LogP contribution >= 0.6 is 11.6 Å². The number of hydrazine groups is 1. The molecule has 7 heteroatoms. The lowest BCUT2D eigenvalue weighted by molar-refractivity contribution is 0.0992. The second kappa shape index (κ2) is 7.95. The highest BCUT2D eigenvalue weighted by Crippen LogP contribution is 2.28. The van der Waals surface area contributed by atoms with Gasteiger partial charge in [0.05, 0.1) is 42.2 Å². The zero-order valence-electron chi connectivity index (χ0n) is 11.8. The fourth-order valence-corrected chi connectivity index (χ4v) is 2.87. The van der Waals surface area contributed by atoms with E-state index in [9.17, 15) is 0 Å². The Bertz CT molecular complexity index is 407. The van der Waals surface area contributed by atoms with Gasteiger partial charge in [-0.15, -0.1) is 0 Å². The topological polar surface area (TPSA) is 74.3 Å². The first kappa shape index (κ1) is 15.7. The molecule has 0 aliphatic carbocycles. The third kappa shape index (κ3) is 3.93. The highest BCUT2D eigenvalue weighted by molar-refractivity contribution is 6.31. The van der Waals surface area contributed by atoms with E-state index in [1.807, 2.05) is 4.68 Å². The minimum absolute atomic E-state index is 0.0222. The smallest absolute Gasteiger partial charge is 0.0834 e. The van der Waals surface area contributed by atoms with Gasteiger partial charge in [0.2, 0.25) is 0 Å². The quantitative estimate of drug-likeness (QED) is 0.564. The molecule has 3 N–H and O–H groups in total. The van der Waals surface area contributed by atoms with Crippen molar-refractivity contribution in [1.29, 1.82) is 0 Å². The number of hydrogen-bond acceptors (Lipinski definition) is 5. The Hall–Kier alpha value is -0.660. The van der Waals surface area contributed by atoms with Gasteiger partial charge in [-0.05, 0) is 25.7 Å². The standard InChI is InChI=1S/C13H23ClN4O2/c1-19-8-6-18-13(11(14)9-16-18)12(17-15)5-4-10-3-2-7-20-10/h9-10,12,17H,2-8,15H2,1H3. The Kier molecular flexibility index (Phi) is 6.25. The first-order valence-corrected chi connectivity index (χ1v) is 7.42. The van der Waals surface area contributed by atoms with Crippen molar-refractivity contribution in [3.05, 3.63) is 16.9 Å². The van der Waals surface area contributed by atoms with Crippen molar-refractivity contribution in [2.75, 3.05) is 20.3 Å². The van der Waals surface area contributed by atoms with Gasteiger partial charge < -0.3 is 9.47 Å². The first-order valence-electron chi connectivity index (χ1n) is 7.04. The number of halogens is 1. The summed E-state index contributed by atoms with van der Waals surface area (Å²) >= 11 is 6.24. The van der Waals surface area contributed by atoms with E-state index in [0.29, 0.717) is 24.3 Å². The molecule has 20 heavy (non-hydrogen) atoms. The molecule has 1 aromatic heterocycles. The molecule has 2 heterocycles. The molecule has 1 aromatic rings. The van der Waals surface area contributed by atoms with Crippen molar-refractivity contribution in [3.8, 4) is 0 Å². The van der Waals surface area contributed by atoms with Crippen molar-refractivity contribution in [1.82, 2.24) is 15.2 Å². The third-order valence-electron chi connectivity index (χ3n) is 3.67. The Labute approximate surface area is 124 Å². The number of nitrogens with zero attached hydrogens (tertiary/aromatic N) is 2. The lowest BCUT2D eigenvalue weighted by atomic mass is 10.0. The molecule has 2 atom stereocenters. The molecule has 0 aromatic carbocycles. The number of methoxy groups -OCH3 is 1. The summed E-state index contributed by atoms with van der Waals surface area (Å²) in [4.78, 5) is 0. The summed E-state index contributed by atoms with van der Waals surface area (Å²) in [7, 11) is 1.67. The number of nitrogens with two attached hydrogens (primary N) is 1. The molecule has 0 saturated carbocycles. The van der Waals surface area contributed by atoms with Gasteiger partial charge in [-0.25, -0.2) is 0 Å². The fraction of sp³-hybridized carbons (Fsp3) is 0.769. The summed E-state index contributed by atoms with van der Waals surface area (Å²) in [6.45, 7) is 2.13. The van der Waals surface area contributed by atoms with Crippen molar-refractivity contribution in [2.45, 2.75) is 44.4 Å². The van der Waals surface area contributed by atoms with Crippen LogP contribution in [0.3, 0.4) is 0 Å². The van der Waals surface area contributed by atoms with Crippen LogP contribution in [0.5, 0.6) is 0 Å². The van der Waals surface area contributed by atoms with Crippen LogP contribution in [0.1, 0.15) is 37.4 Å². The molecule has 2 rings (SSSR count). The summed E-state index contributed by atoms with van der Waals surface area (Å²) < 4.78 is 12.6. The van der Waals surface area contributed by atoms with Crippen molar-refractivity contribution in [3.63, 3.8) is 0 Å². The van der Waals surface area contributed by atoms with E-state index in [2.05, 4.69) is 10.5 Å². The molecule has 1 saturated heterocycles. The van der Waals surface area contributed by atoms with Crippen LogP contribution in [0.4, 0.5) is 0 Å². The van der Waals surface area contributed by atoms with Gasteiger partial charge in [0.1, 0.15) is 0 Å². The van der Waals surface area contributed by atoms with Crippen molar-refractivity contribution in [2.24, 2.45) is 5.84 Å². The molecule has 6 nitrogen and oxygen atoms in total. The molecule has 1 aliphatic heterocycles. The Morgan fingerprint density at radius 3 is 3.20 bits per heavy atom. The maximum atomic E-state index is 6.24. The molecule has 1 aliphatic rings. The lowest BCUT2D eigenvalue weighted by Crippen LogP contribution is -2.31. The molecule has 114 valence electrons. The Balaban J connectivity index is 1.99. The van der Waals surface area contributed by atoms with E-state index in [1.54, 1.807) is 13.3 Å². The SMILES string of the molecule is COCCn1ncc(Cl)c1C(CCC1CCCO1)NN. The van der Waals surface area contributed by atoms with E-state index in [0.717, 1.165) is 38.0 Å². The molecule has 1 fully saturated rings. The monoisotopic (exact) mass is 302 g/mol. The number of rotatable bonds is 8. The highest BCUT2D eigenvalue weighted by atomic mass is 35.5. The minimum Gasteiger partial charge on any atom is -0.383 e. The van der Waals surface area contributed by atoms with Crippen LogP contribution in [-0.4, -0.2) is 36.2 Å². The van der Waals surface area contributed by atoms with E-state index >= 15 is 0 Å². The fourth-order valence-electron chi connectivity index (χ4n) is 2.60. The van der Waals surface area contributed by atoms with Gasteiger partial charge in [0.25, 0.3) is 0 Å². The molecule has 0 radical (unpaired) electrons. The molecule has 0 bridgehead atoms. The number of aromatic nitrogens is 2. The highest BCUT2D eigenvalue weighted by Gasteiger charge is 2.22. The van der Waals surface area contributed by atoms with Gasteiger partial charge >= 0.3 is 0 Å². The summed E-state index contributed by atoms with van der Waals surface area (Å²) in [5.41, 5.74) is 3.76. The van der Waals surface area contributed by atoms with E-state index in [1.165, 1.54) is 0 Å². The largest absolute Gasteiger partial charge is 0.383 e. The second-order valence-corrected chi connectivity index (χ2v) is 5.43. The summed E-state index contributed by atoms with van der Waals surface area (Å²) in [5.74, 6) is 5.69. The summed E-state index contributed by atoms with van der Waals surface area (Å²) in [6.07, 6.45) is 6.13. The van der Waals surface area contributed by atoms with Crippen LogP contribution < -0.4 is 11.3 Å². The van der Waals surface area contributed by atoms with E-state index in [4.69, 9.17) is 26.9 Å². The van der Waals surface area contributed by atoms with Crippen molar-refractivity contribution < 1.29 is 9.47 Å². The minimum atomic E-state index is -0.0222. The van der Waals surface area contributed by atoms with Gasteiger partial charge in [-0.1, -0.05) is 11.6 Å². The Morgan fingerprint density at radius 1 is 1.70 bits per heavy atom. The van der Waals surface area contributed by atoms with Crippen LogP contribution in [0.25, 0.3) is 0 Å². The first-order chi connectivity index (χ1) is 9.76. The predicted molar refractivity (Wildman–Crippen MR) is 77.4 cm³/mol. The van der Waals surface area contributed by atoms with Crippen LogP contribution in [-0.2, 0) is 16.0 Å². The van der Waals surface area contributed by atoms with Crippen LogP contribution in [0.2, 0.25) is 5.02 Å². The normalized spacial score (nSPS) is 20.4. The number of nitrogens with one attached hydrogen (secondary N) is 1. The van der Waals surface area contributed by atoms with E-state index < -0.39 is 0 Å². The second-order valence-electron chi connectivity index (χ2n) is 5.03. The molecular formula is C13H23ClN4O2. The van der Waals surface area contributed by atoms with Gasteiger partial charge in [-0.3, -0.25) is 16.0 Å². The Morgan fingerprint density at radius 2 is 2.55 bits per heavy atom. The van der Waals surface area contributed by atoms with Crippen LogP contribution in [0.15, 0.2) is 6.20 Å². The van der Waals surface area contributed by atoms with Crippen LogP contribution in [0, 0.1) is 0 Å². The number of hydrogen-bond donors (Lipinski definition) is 2. The van der Waals surface area contributed by atoms with Gasteiger partial charge in [0, 0.05) is 13.7 Å².